The largest absolute Gasteiger partial charge is 0.496 e. The van der Waals surface area contributed by atoms with E-state index in [1.54, 1.807) is 17.7 Å². The Morgan fingerprint density at radius 2 is 1.76 bits per heavy atom. The standard InChI is InChI=1S/C26H25N3O3S/c1-17-10-4-8-14-22(17)29-25(31)20-12-6-7-13-21(20)28-26(29)33-18(2)24(30)27-16-19-11-5-9-15-23(19)32-3/h4-15,18H,16H2,1-3H3,(H,27,30). The van der Waals surface area contributed by atoms with Gasteiger partial charge in [0.1, 0.15) is 5.75 Å². The van der Waals surface area contributed by atoms with Crippen LogP contribution < -0.4 is 15.6 Å². The van der Waals surface area contributed by atoms with Gasteiger partial charge in [-0.2, -0.15) is 0 Å². The number of thioether (sulfide) groups is 1. The Kier molecular flexibility index (Phi) is 6.79. The number of carbonyl (C=O) groups is 1. The number of hydrogen-bond acceptors (Lipinski definition) is 5. The topological polar surface area (TPSA) is 73.2 Å². The number of fused-ring (bicyclic) bond motifs is 1. The van der Waals surface area contributed by atoms with E-state index in [1.165, 1.54) is 11.8 Å². The second kappa shape index (κ2) is 9.92. The number of hydrogen-bond donors (Lipinski definition) is 1. The highest BCUT2D eigenvalue weighted by atomic mass is 32.2. The third-order valence-corrected chi connectivity index (χ3v) is 6.45. The van der Waals surface area contributed by atoms with Gasteiger partial charge in [0.2, 0.25) is 5.91 Å². The van der Waals surface area contributed by atoms with Gasteiger partial charge in [0.05, 0.1) is 29.0 Å². The minimum absolute atomic E-state index is 0.148. The van der Waals surface area contributed by atoms with Crippen molar-refractivity contribution < 1.29 is 9.53 Å². The molecule has 0 saturated carbocycles. The first kappa shape index (κ1) is 22.6. The number of rotatable bonds is 7. The van der Waals surface area contributed by atoms with Crippen LogP contribution in [0.15, 0.2) is 82.7 Å². The molecule has 1 amide bonds. The Balaban J connectivity index is 1.65. The Morgan fingerprint density at radius 1 is 1.06 bits per heavy atom. The third-order valence-electron chi connectivity index (χ3n) is 5.40. The lowest BCUT2D eigenvalue weighted by Gasteiger charge is -2.18. The number of methoxy groups -OCH3 is 1. The van der Waals surface area contributed by atoms with Crippen LogP contribution in [0.4, 0.5) is 0 Å². The number of nitrogens with zero attached hydrogens (tertiary/aromatic N) is 2. The zero-order valence-electron chi connectivity index (χ0n) is 18.7. The van der Waals surface area contributed by atoms with E-state index in [0.29, 0.717) is 22.6 Å². The first-order valence-electron chi connectivity index (χ1n) is 10.6. The van der Waals surface area contributed by atoms with Crippen molar-refractivity contribution in [2.45, 2.75) is 30.8 Å². The first-order valence-corrected chi connectivity index (χ1v) is 11.5. The summed E-state index contributed by atoms with van der Waals surface area (Å²) >= 11 is 1.26. The molecule has 1 aromatic heterocycles. The van der Waals surface area contributed by atoms with Crippen molar-refractivity contribution in [2.24, 2.45) is 0 Å². The third kappa shape index (κ3) is 4.78. The van der Waals surface area contributed by atoms with Gasteiger partial charge in [-0.25, -0.2) is 4.98 Å². The van der Waals surface area contributed by atoms with E-state index in [1.807, 2.05) is 80.6 Å². The molecule has 4 rings (SSSR count). The van der Waals surface area contributed by atoms with Gasteiger partial charge in [0.25, 0.3) is 5.56 Å². The molecule has 7 heteroatoms. The van der Waals surface area contributed by atoms with E-state index < -0.39 is 5.25 Å². The smallest absolute Gasteiger partial charge is 0.266 e. The summed E-state index contributed by atoms with van der Waals surface area (Å²) in [7, 11) is 1.61. The molecule has 33 heavy (non-hydrogen) atoms. The van der Waals surface area contributed by atoms with Crippen LogP contribution in [0.1, 0.15) is 18.1 Å². The molecule has 3 aromatic carbocycles. The lowest BCUT2D eigenvalue weighted by atomic mass is 10.2. The highest BCUT2D eigenvalue weighted by molar-refractivity contribution is 8.00. The molecule has 0 fully saturated rings. The molecule has 0 aliphatic heterocycles. The molecule has 6 nitrogen and oxygen atoms in total. The van der Waals surface area contributed by atoms with Crippen LogP contribution in [0.25, 0.3) is 16.6 Å². The zero-order valence-corrected chi connectivity index (χ0v) is 19.6. The van der Waals surface area contributed by atoms with Crippen molar-refractivity contribution in [1.29, 1.82) is 0 Å². The van der Waals surface area contributed by atoms with Crippen LogP contribution in [0, 0.1) is 6.92 Å². The van der Waals surface area contributed by atoms with E-state index in [9.17, 15) is 9.59 Å². The average Bonchev–Trinajstić information content (AvgIpc) is 2.83. The zero-order chi connectivity index (χ0) is 23.4. The molecule has 0 aliphatic carbocycles. The number of nitrogens with one attached hydrogen (secondary N) is 1. The van der Waals surface area contributed by atoms with Gasteiger partial charge < -0.3 is 10.1 Å². The molecule has 0 spiro atoms. The van der Waals surface area contributed by atoms with Gasteiger partial charge in [0.15, 0.2) is 5.16 Å². The van der Waals surface area contributed by atoms with Crippen molar-refractivity contribution in [3.63, 3.8) is 0 Å². The monoisotopic (exact) mass is 459 g/mol. The summed E-state index contributed by atoms with van der Waals surface area (Å²) in [5, 5.41) is 3.51. The molecule has 1 unspecified atom stereocenters. The number of aryl methyl sites for hydroxylation is 1. The Labute approximate surface area is 196 Å². The van der Waals surface area contributed by atoms with Crippen molar-refractivity contribution in [1.82, 2.24) is 14.9 Å². The lowest BCUT2D eigenvalue weighted by Crippen LogP contribution is -2.31. The highest BCUT2D eigenvalue weighted by Gasteiger charge is 2.21. The van der Waals surface area contributed by atoms with Crippen LogP contribution >= 0.6 is 11.8 Å². The molecule has 1 heterocycles. The van der Waals surface area contributed by atoms with Crippen LogP contribution in [-0.4, -0.2) is 27.8 Å². The first-order chi connectivity index (χ1) is 16.0. The molecule has 1 N–H and O–H groups in total. The van der Waals surface area contributed by atoms with Gasteiger partial charge in [0, 0.05) is 12.1 Å². The maximum absolute atomic E-state index is 13.4. The quantitative estimate of drug-likeness (QED) is 0.325. The van der Waals surface area contributed by atoms with Gasteiger partial charge in [-0.3, -0.25) is 14.2 Å². The fourth-order valence-corrected chi connectivity index (χ4v) is 4.55. The van der Waals surface area contributed by atoms with Gasteiger partial charge in [-0.15, -0.1) is 0 Å². The van der Waals surface area contributed by atoms with Crippen molar-refractivity contribution in [3.8, 4) is 11.4 Å². The Bertz CT molecular complexity index is 1370. The van der Waals surface area contributed by atoms with Gasteiger partial charge in [-0.1, -0.05) is 60.3 Å². The number of para-hydroxylation sites is 3. The fraction of sp³-hybridized carbons (Fsp3) is 0.192. The molecule has 0 bridgehead atoms. The van der Waals surface area contributed by atoms with E-state index in [-0.39, 0.29) is 11.5 Å². The number of amides is 1. The van der Waals surface area contributed by atoms with Crippen molar-refractivity contribution in [3.05, 3.63) is 94.3 Å². The Hall–Kier alpha value is -3.58. The number of ether oxygens (including phenoxy) is 1. The second-order valence-corrected chi connectivity index (χ2v) is 8.94. The molecule has 0 saturated heterocycles. The summed E-state index contributed by atoms with van der Waals surface area (Å²) in [5.74, 6) is 0.576. The summed E-state index contributed by atoms with van der Waals surface area (Å²) in [4.78, 5) is 31.1. The summed E-state index contributed by atoms with van der Waals surface area (Å²) in [6, 6.07) is 22.5. The SMILES string of the molecule is COc1ccccc1CNC(=O)C(C)Sc1nc2ccccc2c(=O)n1-c1ccccc1C. The van der Waals surface area contributed by atoms with E-state index in [0.717, 1.165) is 22.6 Å². The van der Waals surface area contributed by atoms with E-state index >= 15 is 0 Å². The molecule has 1 atom stereocenters. The van der Waals surface area contributed by atoms with Gasteiger partial charge in [-0.05, 0) is 43.7 Å². The minimum atomic E-state index is -0.469. The van der Waals surface area contributed by atoms with Gasteiger partial charge >= 0.3 is 0 Å². The molecular formula is C26H25N3O3S. The minimum Gasteiger partial charge on any atom is -0.496 e. The summed E-state index contributed by atoms with van der Waals surface area (Å²) < 4.78 is 6.96. The van der Waals surface area contributed by atoms with Crippen LogP contribution in [0.5, 0.6) is 5.75 Å². The Morgan fingerprint density at radius 3 is 2.55 bits per heavy atom. The van der Waals surface area contributed by atoms with Crippen molar-refractivity contribution in [2.75, 3.05) is 7.11 Å². The molecular weight excluding hydrogens is 434 g/mol. The number of carbonyl (C=O) groups excluding carboxylic acids is 1. The van der Waals surface area contributed by atoms with Crippen LogP contribution in [0.3, 0.4) is 0 Å². The van der Waals surface area contributed by atoms with Crippen LogP contribution in [-0.2, 0) is 11.3 Å². The van der Waals surface area contributed by atoms with E-state index in [2.05, 4.69) is 5.32 Å². The number of benzene rings is 3. The molecule has 168 valence electrons. The maximum Gasteiger partial charge on any atom is 0.266 e. The molecule has 0 aliphatic rings. The fourth-order valence-electron chi connectivity index (χ4n) is 3.60. The predicted molar refractivity (Wildman–Crippen MR) is 132 cm³/mol. The second-order valence-electron chi connectivity index (χ2n) is 7.63. The average molecular weight is 460 g/mol. The maximum atomic E-state index is 13.4. The van der Waals surface area contributed by atoms with Crippen LogP contribution in [0.2, 0.25) is 0 Å². The lowest BCUT2D eigenvalue weighted by molar-refractivity contribution is -0.120. The molecule has 0 radical (unpaired) electrons. The summed E-state index contributed by atoms with van der Waals surface area (Å²) in [6.45, 7) is 4.12. The predicted octanol–water partition coefficient (Wildman–Crippen LogP) is 4.50. The summed E-state index contributed by atoms with van der Waals surface area (Å²) in [5.41, 5.74) is 3.05. The normalized spacial score (nSPS) is 11.8. The summed E-state index contributed by atoms with van der Waals surface area (Å²) in [6.07, 6.45) is 0. The number of aromatic nitrogens is 2. The van der Waals surface area contributed by atoms with Crippen molar-refractivity contribution >= 4 is 28.6 Å². The van der Waals surface area contributed by atoms with E-state index in [4.69, 9.17) is 9.72 Å². The molecule has 4 aromatic rings. The highest BCUT2D eigenvalue weighted by Crippen LogP contribution is 2.26.